The lowest BCUT2D eigenvalue weighted by molar-refractivity contribution is 0.0411. The zero-order valence-electron chi connectivity index (χ0n) is 10.8. The molecule has 94 valence electrons. The Morgan fingerprint density at radius 2 is 1.71 bits per heavy atom. The molecule has 2 unspecified atom stereocenters. The van der Waals surface area contributed by atoms with Crippen LogP contribution in [0.2, 0.25) is 0 Å². The van der Waals surface area contributed by atoms with Crippen LogP contribution in [0.25, 0.3) is 0 Å². The van der Waals surface area contributed by atoms with Gasteiger partial charge >= 0.3 is 0 Å². The smallest absolute Gasteiger partial charge is 0.0460 e. The third-order valence-electron chi connectivity index (χ3n) is 3.95. The van der Waals surface area contributed by atoms with Crippen LogP contribution in [0.1, 0.15) is 32.3 Å². The number of aliphatic hydroxyl groups is 1. The Morgan fingerprint density at radius 1 is 1.12 bits per heavy atom. The highest BCUT2D eigenvalue weighted by Gasteiger charge is 2.30. The summed E-state index contributed by atoms with van der Waals surface area (Å²) in [4.78, 5) is 2.56. The topological polar surface area (TPSA) is 23.5 Å². The van der Waals surface area contributed by atoms with E-state index >= 15 is 0 Å². The fourth-order valence-corrected chi connectivity index (χ4v) is 3.02. The van der Waals surface area contributed by atoms with E-state index in [0.717, 1.165) is 19.4 Å². The lowest BCUT2D eigenvalue weighted by atomic mass is 9.87. The maximum atomic E-state index is 9.28. The second-order valence-electron chi connectivity index (χ2n) is 5.38. The molecule has 17 heavy (non-hydrogen) atoms. The van der Waals surface area contributed by atoms with E-state index < -0.39 is 0 Å². The van der Waals surface area contributed by atoms with Gasteiger partial charge in [0.2, 0.25) is 0 Å². The van der Waals surface area contributed by atoms with Crippen LogP contribution >= 0.6 is 0 Å². The van der Waals surface area contributed by atoms with Gasteiger partial charge in [-0.2, -0.15) is 0 Å². The van der Waals surface area contributed by atoms with E-state index in [4.69, 9.17) is 0 Å². The quantitative estimate of drug-likeness (QED) is 0.867. The standard InChI is InChI=1S/C15H23NO/c1-12-8-15(11-17)9-13(2)16(12)10-14-6-4-3-5-7-14/h3-7,12-13,15,17H,8-11H2,1-2H3. The van der Waals surface area contributed by atoms with E-state index in [1.807, 2.05) is 0 Å². The number of nitrogens with zero attached hydrogens (tertiary/aromatic N) is 1. The average Bonchev–Trinajstić information content (AvgIpc) is 2.35. The molecule has 0 aromatic heterocycles. The third kappa shape index (κ3) is 3.08. The van der Waals surface area contributed by atoms with Crippen molar-refractivity contribution in [3.8, 4) is 0 Å². The highest BCUT2D eigenvalue weighted by Crippen LogP contribution is 2.28. The Hall–Kier alpha value is -0.860. The highest BCUT2D eigenvalue weighted by molar-refractivity contribution is 5.14. The van der Waals surface area contributed by atoms with Gasteiger partial charge in [-0.25, -0.2) is 0 Å². The maximum Gasteiger partial charge on any atom is 0.0460 e. The molecule has 0 amide bonds. The predicted molar refractivity (Wildman–Crippen MR) is 70.7 cm³/mol. The van der Waals surface area contributed by atoms with Crippen molar-refractivity contribution in [2.24, 2.45) is 5.92 Å². The Bertz CT molecular complexity index is 326. The van der Waals surface area contributed by atoms with E-state index in [9.17, 15) is 5.11 Å². The molecule has 0 aliphatic carbocycles. The van der Waals surface area contributed by atoms with Crippen molar-refractivity contribution >= 4 is 0 Å². The first kappa shape index (κ1) is 12.6. The molecular formula is C15H23NO. The Labute approximate surface area is 104 Å². The van der Waals surface area contributed by atoms with Gasteiger partial charge in [0.1, 0.15) is 0 Å². The molecule has 1 aromatic rings. The molecule has 1 fully saturated rings. The van der Waals surface area contributed by atoms with Crippen molar-refractivity contribution in [2.45, 2.75) is 45.3 Å². The van der Waals surface area contributed by atoms with Crippen molar-refractivity contribution in [2.75, 3.05) is 6.61 Å². The first-order chi connectivity index (χ1) is 8.20. The molecule has 0 radical (unpaired) electrons. The second-order valence-corrected chi connectivity index (χ2v) is 5.38. The van der Waals surface area contributed by atoms with Gasteiger partial charge in [0, 0.05) is 25.2 Å². The van der Waals surface area contributed by atoms with Crippen molar-refractivity contribution in [3.05, 3.63) is 35.9 Å². The van der Waals surface area contributed by atoms with Crippen LogP contribution in [0.5, 0.6) is 0 Å². The summed E-state index contributed by atoms with van der Waals surface area (Å²) < 4.78 is 0. The van der Waals surface area contributed by atoms with Gasteiger partial charge in [-0.05, 0) is 38.2 Å². The second kappa shape index (κ2) is 5.65. The SMILES string of the molecule is CC1CC(CO)CC(C)N1Cc1ccccc1. The van der Waals surface area contributed by atoms with Crippen LogP contribution in [0, 0.1) is 5.92 Å². The summed E-state index contributed by atoms with van der Waals surface area (Å²) in [5.74, 6) is 0.493. The minimum absolute atomic E-state index is 0.341. The van der Waals surface area contributed by atoms with Crippen molar-refractivity contribution in [1.29, 1.82) is 0 Å². The molecule has 1 saturated heterocycles. The molecule has 1 heterocycles. The summed E-state index contributed by atoms with van der Waals surface area (Å²) in [7, 11) is 0. The number of hydrogen-bond donors (Lipinski definition) is 1. The monoisotopic (exact) mass is 233 g/mol. The number of benzene rings is 1. The summed E-state index contributed by atoms with van der Waals surface area (Å²) in [6.45, 7) is 5.93. The van der Waals surface area contributed by atoms with Crippen molar-refractivity contribution in [1.82, 2.24) is 4.90 Å². The lowest BCUT2D eigenvalue weighted by Gasteiger charge is -2.42. The summed E-state index contributed by atoms with van der Waals surface area (Å²) in [5.41, 5.74) is 1.38. The molecule has 1 aliphatic heterocycles. The molecule has 0 saturated carbocycles. The zero-order chi connectivity index (χ0) is 12.3. The highest BCUT2D eigenvalue weighted by atomic mass is 16.3. The van der Waals surface area contributed by atoms with Crippen molar-refractivity contribution in [3.63, 3.8) is 0 Å². The first-order valence-electron chi connectivity index (χ1n) is 6.61. The van der Waals surface area contributed by atoms with Crippen LogP contribution in [-0.2, 0) is 6.54 Å². The minimum Gasteiger partial charge on any atom is -0.396 e. The summed E-state index contributed by atoms with van der Waals surface area (Å²) in [6.07, 6.45) is 2.24. The van der Waals surface area contributed by atoms with Crippen LogP contribution in [0.4, 0.5) is 0 Å². The predicted octanol–water partition coefficient (Wildman–Crippen LogP) is 2.67. The molecule has 2 nitrogen and oxygen atoms in total. The molecule has 0 bridgehead atoms. The van der Waals surface area contributed by atoms with E-state index in [1.54, 1.807) is 0 Å². The van der Waals surface area contributed by atoms with Gasteiger partial charge in [-0.1, -0.05) is 30.3 Å². The third-order valence-corrected chi connectivity index (χ3v) is 3.95. The molecule has 1 aliphatic rings. The van der Waals surface area contributed by atoms with E-state index in [2.05, 4.69) is 49.1 Å². The van der Waals surface area contributed by atoms with Gasteiger partial charge in [0.25, 0.3) is 0 Å². The van der Waals surface area contributed by atoms with Crippen molar-refractivity contribution < 1.29 is 5.11 Å². The number of piperidine rings is 1. The van der Waals surface area contributed by atoms with Crippen LogP contribution in [0.3, 0.4) is 0 Å². The molecule has 2 heteroatoms. The van der Waals surface area contributed by atoms with Crippen LogP contribution < -0.4 is 0 Å². The summed E-state index contributed by atoms with van der Waals surface area (Å²) in [5, 5.41) is 9.28. The Balaban J connectivity index is 2.01. The van der Waals surface area contributed by atoms with Gasteiger partial charge in [0.05, 0.1) is 0 Å². The zero-order valence-corrected chi connectivity index (χ0v) is 10.8. The maximum absolute atomic E-state index is 9.28. The van der Waals surface area contributed by atoms with Gasteiger partial charge in [-0.3, -0.25) is 4.90 Å². The molecule has 1 aromatic carbocycles. The van der Waals surface area contributed by atoms with Gasteiger partial charge in [-0.15, -0.1) is 0 Å². The Kier molecular flexibility index (Phi) is 4.19. The summed E-state index contributed by atoms with van der Waals surface area (Å²) >= 11 is 0. The number of aliphatic hydroxyl groups excluding tert-OH is 1. The minimum atomic E-state index is 0.341. The summed E-state index contributed by atoms with van der Waals surface area (Å²) in [6, 6.07) is 11.8. The van der Waals surface area contributed by atoms with Crippen LogP contribution in [-0.4, -0.2) is 28.7 Å². The van der Waals surface area contributed by atoms with Gasteiger partial charge in [0.15, 0.2) is 0 Å². The Morgan fingerprint density at radius 3 is 2.24 bits per heavy atom. The molecular weight excluding hydrogens is 210 g/mol. The fraction of sp³-hybridized carbons (Fsp3) is 0.600. The molecule has 2 atom stereocenters. The average molecular weight is 233 g/mol. The number of hydrogen-bond acceptors (Lipinski definition) is 2. The molecule has 2 rings (SSSR count). The van der Waals surface area contributed by atoms with E-state index in [1.165, 1.54) is 5.56 Å². The first-order valence-corrected chi connectivity index (χ1v) is 6.61. The lowest BCUT2D eigenvalue weighted by Crippen LogP contribution is -2.46. The van der Waals surface area contributed by atoms with Gasteiger partial charge < -0.3 is 5.11 Å². The molecule has 1 N–H and O–H groups in total. The van der Waals surface area contributed by atoms with Crippen LogP contribution in [0.15, 0.2) is 30.3 Å². The number of likely N-dealkylation sites (tertiary alicyclic amines) is 1. The molecule has 0 spiro atoms. The number of rotatable bonds is 3. The normalized spacial score (nSPS) is 30.4. The van der Waals surface area contributed by atoms with E-state index in [-0.39, 0.29) is 0 Å². The van der Waals surface area contributed by atoms with E-state index in [0.29, 0.717) is 24.6 Å². The fourth-order valence-electron chi connectivity index (χ4n) is 3.02. The largest absolute Gasteiger partial charge is 0.396 e.